The van der Waals surface area contributed by atoms with Gasteiger partial charge in [-0.3, -0.25) is 14.0 Å². The number of benzene rings is 1. The second-order valence-corrected chi connectivity index (χ2v) is 6.29. The Morgan fingerprint density at radius 1 is 1.43 bits per heavy atom. The van der Waals surface area contributed by atoms with Crippen LogP contribution >= 0.6 is 22.9 Å². The minimum atomic E-state index is -0.342. The third-order valence-corrected chi connectivity index (χ3v) is 4.51. The van der Waals surface area contributed by atoms with Gasteiger partial charge in [0.1, 0.15) is 5.56 Å². The minimum absolute atomic E-state index is 0.0739. The third-order valence-electron chi connectivity index (χ3n) is 3.50. The van der Waals surface area contributed by atoms with Crippen LogP contribution in [0.5, 0.6) is 0 Å². The van der Waals surface area contributed by atoms with E-state index in [0.717, 1.165) is 5.56 Å². The van der Waals surface area contributed by atoms with Crippen molar-refractivity contribution in [2.75, 3.05) is 6.54 Å². The number of carbonyl (C=O) groups excluding carboxylic acids is 1. The largest absolute Gasteiger partial charge is 0.334 e. The van der Waals surface area contributed by atoms with E-state index in [1.807, 2.05) is 25.1 Å². The highest BCUT2D eigenvalue weighted by molar-refractivity contribution is 7.15. The first kappa shape index (κ1) is 15.7. The van der Waals surface area contributed by atoms with Crippen molar-refractivity contribution in [3.63, 3.8) is 0 Å². The Labute approximate surface area is 141 Å². The number of amides is 1. The molecule has 0 aliphatic carbocycles. The fourth-order valence-electron chi connectivity index (χ4n) is 2.32. The summed E-state index contributed by atoms with van der Waals surface area (Å²) in [7, 11) is 0. The monoisotopic (exact) mass is 347 g/mol. The smallest absolute Gasteiger partial charge is 0.271 e. The average Bonchev–Trinajstić information content (AvgIpc) is 3.02. The molecule has 2 heterocycles. The van der Waals surface area contributed by atoms with Crippen molar-refractivity contribution >= 4 is 33.8 Å². The molecule has 2 aromatic heterocycles. The van der Waals surface area contributed by atoms with Gasteiger partial charge in [-0.05, 0) is 24.6 Å². The maximum Gasteiger partial charge on any atom is 0.271 e. The molecule has 23 heavy (non-hydrogen) atoms. The standard InChI is InChI=1S/C16H14ClN3O2S/c1-2-19(10-11-4-3-5-12(17)8-11)14(21)13-9-18-16-20(15(13)22)6-7-23-16/h3-9H,2,10H2,1H3. The molecule has 3 rings (SSSR count). The predicted molar refractivity (Wildman–Crippen MR) is 91.2 cm³/mol. The van der Waals surface area contributed by atoms with Crippen LogP contribution in [0.15, 0.2) is 46.8 Å². The third kappa shape index (κ3) is 3.13. The van der Waals surface area contributed by atoms with Crippen LogP contribution in [0.1, 0.15) is 22.8 Å². The Morgan fingerprint density at radius 3 is 3.00 bits per heavy atom. The topological polar surface area (TPSA) is 54.7 Å². The molecular weight excluding hydrogens is 334 g/mol. The second-order valence-electron chi connectivity index (χ2n) is 4.98. The highest BCUT2D eigenvalue weighted by atomic mass is 35.5. The summed E-state index contributed by atoms with van der Waals surface area (Å²) in [6.45, 7) is 2.75. The average molecular weight is 348 g/mol. The van der Waals surface area contributed by atoms with Crippen molar-refractivity contribution in [2.45, 2.75) is 13.5 Å². The molecule has 0 spiro atoms. The molecule has 0 saturated carbocycles. The molecule has 0 atom stereocenters. The van der Waals surface area contributed by atoms with Crippen molar-refractivity contribution in [1.29, 1.82) is 0 Å². The molecule has 0 radical (unpaired) electrons. The Hall–Kier alpha value is -2.18. The number of fused-ring (bicyclic) bond motifs is 1. The number of thiazole rings is 1. The maximum atomic E-state index is 12.7. The Bertz CT molecular complexity index is 919. The molecule has 1 aromatic carbocycles. The van der Waals surface area contributed by atoms with Crippen LogP contribution in [-0.2, 0) is 6.54 Å². The van der Waals surface area contributed by atoms with Gasteiger partial charge in [-0.1, -0.05) is 23.7 Å². The molecule has 0 saturated heterocycles. The highest BCUT2D eigenvalue weighted by Gasteiger charge is 2.19. The van der Waals surface area contributed by atoms with E-state index in [1.54, 1.807) is 22.5 Å². The molecular formula is C16H14ClN3O2S. The summed E-state index contributed by atoms with van der Waals surface area (Å²) in [6, 6.07) is 7.33. The predicted octanol–water partition coefficient (Wildman–Crippen LogP) is 3.07. The van der Waals surface area contributed by atoms with Crippen LogP contribution in [-0.4, -0.2) is 26.7 Å². The molecule has 0 N–H and O–H groups in total. The lowest BCUT2D eigenvalue weighted by Crippen LogP contribution is -2.35. The van der Waals surface area contributed by atoms with Crippen LogP contribution in [0.3, 0.4) is 0 Å². The maximum absolute atomic E-state index is 12.7. The fourth-order valence-corrected chi connectivity index (χ4v) is 3.21. The summed E-state index contributed by atoms with van der Waals surface area (Å²) in [5.41, 5.74) is 0.646. The fraction of sp³-hybridized carbons (Fsp3) is 0.188. The summed E-state index contributed by atoms with van der Waals surface area (Å²) in [4.78, 5) is 31.5. The van der Waals surface area contributed by atoms with E-state index in [2.05, 4.69) is 4.98 Å². The normalized spacial score (nSPS) is 10.9. The van der Waals surface area contributed by atoms with E-state index in [9.17, 15) is 9.59 Å². The van der Waals surface area contributed by atoms with Crippen LogP contribution in [0.4, 0.5) is 0 Å². The number of hydrogen-bond donors (Lipinski definition) is 0. The Kier molecular flexibility index (Phi) is 4.45. The number of halogens is 1. The van der Waals surface area contributed by atoms with Gasteiger partial charge in [0.25, 0.3) is 11.5 Å². The van der Waals surface area contributed by atoms with Crippen LogP contribution in [0.25, 0.3) is 4.96 Å². The molecule has 0 aliphatic rings. The van der Waals surface area contributed by atoms with Crippen molar-refractivity contribution in [3.05, 3.63) is 68.5 Å². The van der Waals surface area contributed by atoms with E-state index in [-0.39, 0.29) is 17.0 Å². The van der Waals surface area contributed by atoms with E-state index in [0.29, 0.717) is 23.1 Å². The molecule has 3 aromatic rings. The zero-order valence-electron chi connectivity index (χ0n) is 12.4. The van der Waals surface area contributed by atoms with Crippen molar-refractivity contribution in [3.8, 4) is 0 Å². The van der Waals surface area contributed by atoms with Gasteiger partial charge in [-0.15, -0.1) is 11.3 Å². The number of nitrogens with zero attached hydrogens (tertiary/aromatic N) is 3. The first-order valence-electron chi connectivity index (χ1n) is 7.08. The van der Waals surface area contributed by atoms with Gasteiger partial charge in [-0.2, -0.15) is 0 Å². The number of hydrogen-bond acceptors (Lipinski definition) is 4. The van der Waals surface area contributed by atoms with E-state index < -0.39 is 0 Å². The van der Waals surface area contributed by atoms with E-state index in [4.69, 9.17) is 11.6 Å². The molecule has 0 fully saturated rings. The summed E-state index contributed by atoms with van der Waals surface area (Å²) in [5, 5.41) is 2.38. The van der Waals surface area contributed by atoms with Gasteiger partial charge in [-0.25, -0.2) is 4.98 Å². The lowest BCUT2D eigenvalue weighted by Gasteiger charge is -2.20. The van der Waals surface area contributed by atoms with Crippen molar-refractivity contribution in [1.82, 2.24) is 14.3 Å². The van der Waals surface area contributed by atoms with Crippen LogP contribution < -0.4 is 5.56 Å². The lowest BCUT2D eigenvalue weighted by molar-refractivity contribution is 0.0750. The second kappa shape index (κ2) is 6.52. The number of aromatic nitrogens is 2. The van der Waals surface area contributed by atoms with Crippen LogP contribution in [0, 0.1) is 0 Å². The van der Waals surface area contributed by atoms with Gasteiger partial charge in [0.2, 0.25) is 0 Å². The molecule has 0 aliphatic heterocycles. The molecule has 5 nitrogen and oxygen atoms in total. The zero-order chi connectivity index (χ0) is 16.4. The van der Waals surface area contributed by atoms with Gasteiger partial charge < -0.3 is 4.90 Å². The van der Waals surface area contributed by atoms with Crippen molar-refractivity contribution in [2.24, 2.45) is 0 Å². The van der Waals surface area contributed by atoms with Crippen molar-refractivity contribution < 1.29 is 4.79 Å². The van der Waals surface area contributed by atoms with E-state index >= 15 is 0 Å². The highest BCUT2D eigenvalue weighted by Crippen LogP contribution is 2.14. The molecule has 7 heteroatoms. The number of carbonyl (C=O) groups is 1. The molecule has 118 valence electrons. The Balaban J connectivity index is 1.92. The summed E-state index contributed by atoms with van der Waals surface area (Å²) < 4.78 is 1.39. The first-order valence-corrected chi connectivity index (χ1v) is 8.34. The quantitative estimate of drug-likeness (QED) is 0.728. The number of rotatable bonds is 4. The van der Waals surface area contributed by atoms with Gasteiger partial charge >= 0.3 is 0 Å². The van der Waals surface area contributed by atoms with Gasteiger partial charge in [0, 0.05) is 35.9 Å². The van der Waals surface area contributed by atoms with Gasteiger partial charge in [0.15, 0.2) is 4.96 Å². The summed E-state index contributed by atoms with van der Waals surface area (Å²) >= 11 is 7.33. The SMILES string of the molecule is CCN(Cc1cccc(Cl)c1)C(=O)c1cnc2sccn2c1=O. The molecule has 0 unspecified atom stereocenters. The molecule has 0 bridgehead atoms. The zero-order valence-corrected chi connectivity index (χ0v) is 14.0. The van der Waals surface area contributed by atoms with Gasteiger partial charge in [0.05, 0.1) is 0 Å². The summed E-state index contributed by atoms with van der Waals surface area (Å²) in [6.07, 6.45) is 2.98. The van der Waals surface area contributed by atoms with E-state index in [1.165, 1.54) is 21.9 Å². The van der Waals surface area contributed by atoms with Crippen LogP contribution in [0.2, 0.25) is 5.02 Å². The Morgan fingerprint density at radius 2 is 2.26 bits per heavy atom. The summed E-state index contributed by atoms with van der Waals surface area (Å²) in [5.74, 6) is -0.328. The lowest BCUT2D eigenvalue weighted by atomic mass is 10.2. The minimum Gasteiger partial charge on any atom is -0.334 e. The molecule has 1 amide bonds. The first-order chi connectivity index (χ1) is 11.1.